The average Bonchev–Trinajstić information content (AvgIpc) is 2.72. The minimum absolute atomic E-state index is 0.671. The number of halogens is 1. The second kappa shape index (κ2) is 3.48. The summed E-state index contributed by atoms with van der Waals surface area (Å²) in [7, 11) is 0. The quantitative estimate of drug-likeness (QED) is 0.703. The molecule has 2 aliphatic carbocycles. The Labute approximate surface area is 95.4 Å². The van der Waals surface area contributed by atoms with Crippen LogP contribution in [0.1, 0.15) is 38.5 Å². The number of hydrogen-bond acceptors (Lipinski definition) is 1. The Bertz CT molecular complexity index is 219. The predicted octanol–water partition coefficient (Wildman–Crippen LogP) is 3.04. The summed E-state index contributed by atoms with van der Waals surface area (Å²) in [5, 5.41) is 1.23. The molecule has 0 aromatic heterocycles. The topological polar surface area (TPSA) is 3.24 Å². The summed E-state index contributed by atoms with van der Waals surface area (Å²) in [6, 6.07) is 0.969. The molecule has 1 saturated heterocycles. The zero-order valence-corrected chi connectivity index (χ0v) is 10.4. The van der Waals surface area contributed by atoms with E-state index in [-0.39, 0.29) is 0 Å². The Morgan fingerprint density at radius 2 is 2.14 bits per heavy atom. The maximum Gasteiger partial charge on any atom is 0.0100 e. The molecule has 0 radical (unpaired) electrons. The monoisotopic (exact) mass is 257 g/mol. The fraction of sp³-hybridized carbons (Fsp3) is 1.00. The lowest BCUT2D eigenvalue weighted by molar-refractivity contribution is 0.0728. The second-order valence-corrected chi connectivity index (χ2v) is 6.31. The molecular weight excluding hydrogens is 238 g/mol. The van der Waals surface area contributed by atoms with Crippen molar-refractivity contribution in [3.05, 3.63) is 0 Å². The third-order valence-electron chi connectivity index (χ3n) is 4.76. The Hall–Kier alpha value is 0.440. The molecule has 3 fully saturated rings. The first-order valence-electron chi connectivity index (χ1n) is 6.11. The Morgan fingerprint density at radius 1 is 1.29 bits per heavy atom. The van der Waals surface area contributed by atoms with E-state index in [1.54, 1.807) is 0 Å². The molecule has 3 rings (SSSR count). The van der Waals surface area contributed by atoms with Gasteiger partial charge in [-0.05, 0) is 43.4 Å². The number of rotatable bonds is 3. The van der Waals surface area contributed by atoms with Gasteiger partial charge in [0.25, 0.3) is 0 Å². The van der Waals surface area contributed by atoms with E-state index in [4.69, 9.17) is 0 Å². The number of alkyl halides is 1. The number of likely N-dealkylation sites (tertiary alicyclic amines) is 1. The Kier molecular flexibility index (Phi) is 2.40. The van der Waals surface area contributed by atoms with Crippen LogP contribution >= 0.6 is 15.9 Å². The van der Waals surface area contributed by atoms with E-state index in [1.807, 2.05) is 0 Å². The summed E-state index contributed by atoms with van der Waals surface area (Å²) in [6.07, 6.45) is 8.91. The lowest BCUT2D eigenvalue weighted by Crippen LogP contribution is -2.46. The fourth-order valence-electron chi connectivity index (χ4n) is 3.66. The zero-order valence-electron chi connectivity index (χ0n) is 8.84. The summed E-state index contributed by atoms with van der Waals surface area (Å²) in [5.41, 5.74) is 0.671. The van der Waals surface area contributed by atoms with Gasteiger partial charge in [-0.3, -0.25) is 4.90 Å². The number of piperidine rings is 1. The van der Waals surface area contributed by atoms with Crippen LogP contribution in [0.15, 0.2) is 0 Å². The molecule has 2 atom stereocenters. The smallest absolute Gasteiger partial charge is 0.0100 e. The van der Waals surface area contributed by atoms with Crippen LogP contribution in [0.2, 0.25) is 0 Å². The number of nitrogens with zero attached hydrogens (tertiary/aromatic N) is 1. The Balaban J connectivity index is 1.62. The first kappa shape index (κ1) is 9.65. The molecule has 2 heteroatoms. The van der Waals surface area contributed by atoms with Crippen LogP contribution in [-0.4, -0.2) is 29.4 Å². The molecule has 1 heterocycles. The van der Waals surface area contributed by atoms with Gasteiger partial charge in [0.1, 0.15) is 0 Å². The molecule has 0 spiro atoms. The molecular formula is C12H20BrN. The van der Waals surface area contributed by atoms with Crippen LogP contribution in [0.3, 0.4) is 0 Å². The molecule has 1 aliphatic heterocycles. The van der Waals surface area contributed by atoms with Crippen molar-refractivity contribution in [1.82, 2.24) is 4.90 Å². The molecule has 14 heavy (non-hydrogen) atoms. The van der Waals surface area contributed by atoms with E-state index in [1.165, 1.54) is 56.9 Å². The molecule has 0 amide bonds. The highest BCUT2D eigenvalue weighted by Gasteiger charge is 2.44. The maximum atomic E-state index is 3.72. The number of hydrogen-bond donors (Lipinski definition) is 0. The normalized spacial score (nSPS) is 40.1. The van der Waals surface area contributed by atoms with Crippen molar-refractivity contribution in [3.8, 4) is 0 Å². The highest BCUT2D eigenvalue weighted by molar-refractivity contribution is 9.09. The zero-order chi connectivity index (χ0) is 9.60. The van der Waals surface area contributed by atoms with Gasteiger partial charge in [0.05, 0.1) is 0 Å². The van der Waals surface area contributed by atoms with Gasteiger partial charge in [0.15, 0.2) is 0 Å². The van der Waals surface area contributed by atoms with Crippen LogP contribution < -0.4 is 0 Å². The molecule has 0 aromatic carbocycles. The van der Waals surface area contributed by atoms with Crippen molar-refractivity contribution in [2.24, 2.45) is 11.3 Å². The van der Waals surface area contributed by atoms with Crippen LogP contribution in [0.25, 0.3) is 0 Å². The van der Waals surface area contributed by atoms with Crippen molar-refractivity contribution in [3.63, 3.8) is 0 Å². The molecule has 0 aromatic rings. The van der Waals surface area contributed by atoms with Gasteiger partial charge in [-0.15, -0.1) is 0 Å². The predicted molar refractivity (Wildman–Crippen MR) is 62.8 cm³/mol. The summed E-state index contributed by atoms with van der Waals surface area (Å²) < 4.78 is 0. The lowest BCUT2D eigenvalue weighted by Gasteiger charge is -2.45. The van der Waals surface area contributed by atoms with E-state index in [0.29, 0.717) is 5.41 Å². The first-order valence-corrected chi connectivity index (χ1v) is 7.23. The third kappa shape index (κ3) is 1.46. The van der Waals surface area contributed by atoms with E-state index in [0.717, 1.165) is 12.0 Å². The second-order valence-electron chi connectivity index (χ2n) is 5.75. The van der Waals surface area contributed by atoms with Crippen molar-refractivity contribution in [2.75, 3.05) is 18.4 Å². The van der Waals surface area contributed by atoms with Crippen LogP contribution in [0.4, 0.5) is 0 Å². The Morgan fingerprint density at radius 3 is 2.57 bits per heavy atom. The minimum Gasteiger partial charge on any atom is -0.300 e. The fourth-order valence-corrected chi connectivity index (χ4v) is 4.40. The minimum atomic E-state index is 0.671. The van der Waals surface area contributed by atoms with Crippen LogP contribution in [0.5, 0.6) is 0 Å². The van der Waals surface area contributed by atoms with Crippen LogP contribution in [0, 0.1) is 11.3 Å². The average molecular weight is 258 g/mol. The van der Waals surface area contributed by atoms with Gasteiger partial charge in [-0.25, -0.2) is 0 Å². The van der Waals surface area contributed by atoms with Crippen molar-refractivity contribution >= 4 is 15.9 Å². The molecule has 2 bridgehead atoms. The summed E-state index contributed by atoms with van der Waals surface area (Å²) in [4.78, 5) is 2.80. The van der Waals surface area contributed by atoms with Gasteiger partial charge in [0.2, 0.25) is 0 Å². The van der Waals surface area contributed by atoms with Gasteiger partial charge in [-0.1, -0.05) is 22.4 Å². The molecule has 80 valence electrons. The summed E-state index contributed by atoms with van der Waals surface area (Å²) in [6.45, 7) is 2.80. The first-order chi connectivity index (χ1) is 6.81. The molecule has 1 nitrogen and oxygen atoms in total. The summed E-state index contributed by atoms with van der Waals surface area (Å²) in [5.74, 6) is 1.06. The standard InChI is InChI=1S/C12H20BrN/c13-8-12(4-1-5-12)9-14-7-10-2-3-11(14)6-10/h10-11H,1-9H2. The lowest BCUT2D eigenvalue weighted by atomic mass is 9.70. The van der Waals surface area contributed by atoms with Gasteiger partial charge >= 0.3 is 0 Å². The van der Waals surface area contributed by atoms with Crippen molar-refractivity contribution in [1.29, 1.82) is 0 Å². The largest absolute Gasteiger partial charge is 0.300 e. The van der Waals surface area contributed by atoms with Crippen molar-refractivity contribution < 1.29 is 0 Å². The van der Waals surface area contributed by atoms with Crippen molar-refractivity contribution in [2.45, 2.75) is 44.6 Å². The maximum absolute atomic E-state index is 3.72. The molecule has 2 unspecified atom stereocenters. The molecule has 0 N–H and O–H groups in total. The van der Waals surface area contributed by atoms with Gasteiger partial charge < -0.3 is 0 Å². The highest BCUT2D eigenvalue weighted by Crippen LogP contribution is 2.46. The SMILES string of the molecule is BrCC1(CN2CC3CCC2C3)CCC1. The van der Waals surface area contributed by atoms with E-state index < -0.39 is 0 Å². The van der Waals surface area contributed by atoms with Gasteiger partial charge in [0, 0.05) is 24.5 Å². The summed E-state index contributed by atoms with van der Waals surface area (Å²) >= 11 is 3.72. The number of fused-ring (bicyclic) bond motifs is 2. The molecule has 2 saturated carbocycles. The van der Waals surface area contributed by atoms with Crippen LogP contribution in [-0.2, 0) is 0 Å². The van der Waals surface area contributed by atoms with Gasteiger partial charge in [-0.2, -0.15) is 0 Å². The van der Waals surface area contributed by atoms with E-state index in [9.17, 15) is 0 Å². The third-order valence-corrected chi connectivity index (χ3v) is 5.95. The molecule has 3 aliphatic rings. The van der Waals surface area contributed by atoms with E-state index >= 15 is 0 Å². The van der Waals surface area contributed by atoms with E-state index in [2.05, 4.69) is 20.8 Å². The highest BCUT2D eigenvalue weighted by atomic mass is 79.9.